The van der Waals surface area contributed by atoms with Gasteiger partial charge in [0.15, 0.2) is 0 Å². The van der Waals surface area contributed by atoms with Crippen LogP contribution in [0.25, 0.3) is 0 Å². The first kappa shape index (κ1) is 41.1. The van der Waals surface area contributed by atoms with Crippen LogP contribution in [0.5, 0.6) is 11.5 Å². The Labute approximate surface area is 293 Å². The molecule has 4 amide bonds. The molecule has 0 fully saturated rings. The molecule has 0 aromatic heterocycles. The van der Waals surface area contributed by atoms with Crippen LogP contribution in [0.1, 0.15) is 145 Å². The van der Waals surface area contributed by atoms with Crippen molar-refractivity contribution in [3.05, 3.63) is 47.5 Å². The third-order valence-corrected chi connectivity index (χ3v) is 8.03. The second-order valence-electron chi connectivity index (χ2n) is 12.4. The van der Waals surface area contributed by atoms with Gasteiger partial charge < -0.3 is 30.7 Å². The largest absolute Gasteiger partial charge is 0.493 e. The number of ether oxygens (including phenoxy) is 2. The van der Waals surface area contributed by atoms with Gasteiger partial charge in [0, 0.05) is 24.3 Å². The van der Waals surface area contributed by atoms with Gasteiger partial charge in [0.05, 0.1) is 30.9 Å². The highest BCUT2D eigenvalue weighted by Gasteiger charge is 2.18. The van der Waals surface area contributed by atoms with Crippen LogP contribution >= 0.6 is 0 Å². The fourth-order valence-electron chi connectivity index (χ4n) is 5.23. The summed E-state index contributed by atoms with van der Waals surface area (Å²) in [5.74, 6) is -0.532. The lowest BCUT2D eigenvalue weighted by Gasteiger charge is -2.15. The van der Waals surface area contributed by atoms with E-state index in [1.165, 1.54) is 38.5 Å². The number of rotatable bonds is 26. The first-order chi connectivity index (χ1) is 23.8. The van der Waals surface area contributed by atoms with Gasteiger partial charge in [-0.1, -0.05) is 91.4 Å². The third kappa shape index (κ3) is 16.7. The van der Waals surface area contributed by atoms with Crippen molar-refractivity contribution in [1.29, 1.82) is 0 Å². The van der Waals surface area contributed by atoms with Crippen molar-refractivity contribution >= 4 is 35.0 Å². The van der Waals surface area contributed by atoms with E-state index in [0.29, 0.717) is 54.6 Å². The molecule has 0 aliphatic carbocycles. The number of benzene rings is 2. The summed E-state index contributed by atoms with van der Waals surface area (Å²) >= 11 is 0. The van der Waals surface area contributed by atoms with E-state index in [-0.39, 0.29) is 23.9 Å². The summed E-state index contributed by atoms with van der Waals surface area (Å²) in [5.41, 5.74) is 1.46. The Bertz CT molecular complexity index is 1300. The molecule has 0 saturated heterocycles. The van der Waals surface area contributed by atoms with Gasteiger partial charge in [0.2, 0.25) is 11.8 Å². The van der Waals surface area contributed by atoms with Gasteiger partial charge in [-0.25, -0.2) is 0 Å². The summed E-state index contributed by atoms with van der Waals surface area (Å²) in [6.07, 6.45) is 15.5. The highest BCUT2D eigenvalue weighted by atomic mass is 16.5. The Kier molecular flexibility index (Phi) is 20.9. The molecule has 272 valence electrons. The maximum Gasteiger partial charge on any atom is 0.255 e. The number of hydrogen-bond donors (Lipinski definition) is 4. The predicted molar refractivity (Wildman–Crippen MR) is 198 cm³/mol. The topological polar surface area (TPSA) is 135 Å². The van der Waals surface area contributed by atoms with E-state index >= 15 is 0 Å². The first-order valence-corrected chi connectivity index (χ1v) is 18.5. The fraction of sp³-hybridized carbons (Fsp3) is 0.590. The van der Waals surface area contributed by atoms with E-state index in [4.69, 9.17) is 9.47 Å². The minimum Gasteiger partial charge on any atom is -0.493 e. The second kappa shape index (κ2) is 25.0. The number of hydrogen-bond acceptors (Lipinski definition) is 6. The molecule has 0 aliphatic rings. The monoisotopic (exact) mass is 680 g/mol. The van der Waals surface area contributed by atoms with Crippen LogP contribution in [-0.4, -0.2) is 49.9 Å². The predicted octanol–water partition coefficient (Wildman–Crippen LogP) is 8.41. The molecule has 0 spiro atoms. The van der Waals surface area contributed by atoms with Crippen LogP contribution in [-0.2, 0) is 9.59 Å². The number of amides is 4. The Morgan fingerprint density at radius 2 is 0.980 bits per heavy atom. The molecule has 0 heterocycles. The van der Waals surface area contributed by atoms with Gasteiger partial charge >= 0.3 is 0 Å². The molecule has 2 aromatic carbocycles. The van der Waals surface area contributed by atoms with Crippen LogP contribution < -0.4 is 30.7 Å². The van der Waals surface area contributed by atoms with Crippen molar-refractivity contribution in [3.63, 3.8) is 0 Å². The lowest BCUT2D eigenvalue weighted by molar-refractivity contribution is -0.116. The summed E-state index contributed by atoms with van der Waals surface area (Å²) in [5, 5.41) is 11.1. The van der Waals surface area contributed by atoms with Crippen LogP contribution in [0.2, 0.25) is 0 Å². The van der Waals surface area contributed by atoms with Gasteiger partial charge in [-0.15, -0.1) is 0 Å². The van der Waals surface area contributed by atoms with Gasteiger partial charge in [-0.05, 0) is 62.6 Å². The fourth-order valence-corrected chi connectivity index (χ4v) is 5.23. The van der Waals surface area contributed by atoms with Crippen molar-refractivity contribution < 1.29 is 28.7 Å². The third-order valence-electron chi connectivity index (χ3n) is 8.03. The highest BCUT2D eigenvalue weighted by molar-refractivity contribution is 6.03. The zero-order valence-electron chi connectivity index (χ0n) is 30.3. The van der Waals surface area contributed by atoms with Crippen molar-refractivity contribution in [3.8, 4) is 11.5 Å². The molecular formula is C39H60N4O6. The van der Waals surface area contributed by atoms with Crippen molar-refractivity contribution in [2.45, 2.75) is 124 Å². The Morgan fingerprint density at radius 3 is 1.47 bits per heavy atom. The minimum atomic E-state index is -0.501. The van der Waals surface area contributed by atoms with E-state index in [0.717, 1.165) is 51.4 Å². The zero-order valence-corrected chi connectivity index (χ0v) is 30.3. The molecule has 0 saturated carbocycles. The average molecular weight is 681 g/mol. The molecule has 0 radical (unpaired) electrons. The summed E-state index contributed by atoms with van der Waals surface area (Å²) in [4.78, 5) is 51.4. The maximum atomic E-state index is 13.3. The van der Waals surface area contributed by atoms with Crippen molar-refractivity contribution in [1.82, 2.24) is 10.6 Å². The Morgan fingerprint density at radius 1 is 0.531 bits per heavy atom. The quantitative estimate of drug-likeness (QED) is 0.0737. The molecule has 0 aliphatic heterocycles. The summed E-state index contributed by atoms with van der Waals surface area (Å²) in [6.45, 7) is 9.34. The first-order valence-electron chi connectivity index (χ1n) is 18.5. The standard InChI is InChI=1S/C39H60N4O6/c1-5-9-12-14-16-18-25-48-34-24-22-31(28-32(34)38(46)40-8-4)43-37(45)29-41-39(47)33-27-30(42-36(44)20-11-7-3)21-23-35(33)49-26-19-17-15-13-10-6-2/h21-24,27-28H,5-20,25-26,29H2,1-4H3,(H,40,46)(H,41,47)(H,42,44)(H,43,45). The summed E-state index contributed by atoms with van der Waals surface area (Å²) in [7, 11) is 0. The smallest absolute Gasteiger partial charge is 0.255 e. The molecule has 10 heteroatoms. The summed E-state index contributed by atoms with van der Waals surface area (Å²) in [6, 6.07) is 9.93. The lowest BCUT2D eigenvalue weighted by Crippen LogP contribution is -2.33. The maximum absolute atomic E-state index is 13.3. The van der Waals surface area contributed by atoms with Crippen LogP contribution in [0.15, 0.2) is 36.4 Å². The molecule has 2 rings (SSSR count). The second-order valence-corrected chi connectivity index (χ2v) is 12.4. The van der Waals surface area contributed by atoms with Gasteiger partial charge in [-0.2, -0.15) is 0 Å². The van der Waals surface area contributed by atoms with E-state index in [2.05, 4.69) is 35.1 Å². The minimum absolute atomic E-state index is 0.126. The average Bonchev–Trinajstić information content (AvgIpc) is 3.09. The molecular weight excluding hydrogens is 620 g/mol. The van der Waals surface area contributed by atoms with E-state index in [1.54, 1.807) is 36.4 Å². The molecule has 0 atom stereocenters. The number of anilines is 2. The number of carbonyl (C=O) groups is 4. The van der Waals surface area contributed by atoms with E-state index < -0.39 is 11.8 Å². The summed E-state index contributed by atoms with van der Waals surface area (Å²) < 4.78 is 11.9. The van der Waals surface area contributed by atoms with Crippen molar-refractivity contribution in [2.75, 3.05) is 36.9 Å². The van der Waals surface area contributed by atoms with E-state index in [1.807, 2.05) is 13.8 Å². The molecule has 0 unspecified atom stereocenters. The molecule has 4 N–H and O–H groups in total. The van der Waals surface area contributed by atoms with Gasteiger partial charge in [0.25, 0.3) is 11.8 Å². The highest BCUT2D eigenvalue weighted by Crippen LogP contribution is 2.25. The lowest BCUT2D eigenvalue weighted by atomic mass is 10.1. The van der Waals surface area contributed by atoms with E-state index in [9.17, 15) is 19.2 Å². The normalized spacial score (nSPS) is 10.7. The van der Waals surface area contributed by atoms with Crippen LogP contribution in [0.4, 0.5) is 11.4 Å². The molecule has 0 bridgehead atoms. The Hall–Kier alpha value is -4.08. The van der Waals surface area contributed by atoms with Crippen LogP contribution in [0, 0.1) is 0 Å². The molecule has 2 aromatic rings. The number of carbonyl (C=O) groups excluding carboxylic acids is 4. The zero-order chi connectivity index (χ0) is 35.7. The molecule has 10 nitrogen and oxygen atoms in total. The molecule has 49 heavy (non-hydrogen) atoms. The SMILES string of the molecule is CCCCCCCCOc1ccc(NC(=O)CNC(=O)c2cc(NC(=O)CCCC)ccc2OCCCCCCCC)cc1C(=O)NCC. The van der Waals surface area contributed by atoms with Crippen LogP contribution in [0.3, 0.4) is 0 Å². The number of nitrogens with one attached hydrogen (secondary N) is 4. The van der Waals surface area contributed by atoms with Gasteiger partial charge in [0.1, 0.15) is 11.5 Å². The van der Waals surface area contributed by atoms with Gasteiger partial charge in [-0.3, -0.25) is 19.2 Å². The van der Waals surface area contributed by atoms with Crippen molar-refractivity contribution in [2.24, 2.45) is 0 Å². The number of unbranched alkanes of at least 4 members (excludes halogenated alkanes) is 11. The Balaban J connectivity index is 2.05.